The Bertz CT molecular complexity index is 1200. The molecule has 0 radical (unpaired) electrons. The van der Waals surface area contributed by atoms with Gasteiger partial charge in [-0.25, -0.2) is 9.18 Å². The van der Waals surface area contributed by atoms with Gasteiger partial charge in [0.1, 0.15) is 11.3 Å². The smallest absolute Gasteiger partial charge is 0.347 e. The second-order valence-electron chi connectivity index (χ2n) is 6.89. The Kier molecular flexibility index (Phi) is 6.36. The van der Waals surface area contributed by atoms with Crippen LogP contribution in [-0.4, -0.2) is 27.2 Å². The highest BCUT2D eigenvalue weighted by Crippen LogP contribution is 2.33. The van der Waals surface area contributed by atoms with Crippen LogP contribution >= 0.6 is 15.9 Å². The second kappa shape index (κ2) is 8.79. The number of hydrogen-bond acceptors (Lipinski definition) is 5. The van der Waals surface area contributed by atoms with Crippen molar-refractivity contribution in [3.05, 3.63) is 79.9 Å². The Balaban J connectivity index is 2.27. The maximum Gasteiger partial charge on any atom is 0.347 e. The standard InChI is InChI=1S/C22H20BrFN2O4/c1-4-30-22(29)16-20(27)18-19(26(21(16)28)11-12(2)3)17(23)14(10-25-18)9-13-5-7-15(24)8-6-13/h5-8,10,27H,2,4,9,11H2,1,3H3. The quantitative estimate of drug-likeness (QED) is 0.424. The molecule has 3 rings (SSSR count). The maximum absolute atomic E-state index is 13.2. The number of esters is 1. The molecule has 156 valence electrons. The van der Waals surface area contributed by atoms with Crippen LogP contribution in [0.3, 0.4) is 0 Å². The monoisotopic (exact) mass is 474 g/mol. The number of aromatic hydroxyl groups is 1. The molecular weight excluding hydrogens is 455 g/mol. The van der Waals surface area contributed by atoms with Crippen molar-refractivity contribution in [2.24, 2.45) is 0 Å². The van der Waals surface area contributed by atoms with Crippen molar-refractivity contribution in [1.82, 2.24) is 9.55 Å². The van der Waals surface area contributed by atoms with Crippen molar-refractivity contribution >= 4 is 32.9 Å². The van der Waals surface area contributed by atoms with Crippen LogP contribution in [0.15, 0.2) is 51.9 Å². The van der Waals surface area contributed by atoms with Crippen LogP contribution in [0.1, 0.15) is 35.3 Å². The minimum atomic E-state index is -0.911. The highest BCUT2D eigenvalue weighted by atomic mass is 79.9. The summed E-state index contributed by atoms with van der Waals surface area (Å²) in [5, 5.41) is 10.7. The zero-order valence-electron chi connectivity index (χ0n) is 16.5. The maximum atomic E-state index is 13.2. The summed E-state index contributed by atoms with van der Waals surface area (Å²) in [6.45, 7) is 7.40. The van der Waals surface area contributed by atoms with Crippen LogP contribution in [0.5, 0.6) is 5.75 Å². The number of nitrogens with zero attached hydrogens (tertiary/aromatic N) is 2. The zero-order chi connectivity index (χ0) is 22.0. The van der Waals surface area contributed by atoms with Gasteiger partial charge in [0.15, 0.2) is 11.3 Å². The molecular formula is C22H20BrFN2O4. The largest absolute Gasteiger partial charge is 0.505 e. The zero-order valence-corrected chi connectivity index (χ0v) is 18.1. The average molecular weight is 475 g/mol. The predicted octanol–water partition coefficient (Wildman–Crippen LogP) is 4.35. The number of ether oxygens (including phenoxy) is 1. The third kappa shape index (κ3) is 4.14. The first kappa shape index (κ1) is 21.7. The van der Waals surface area contributed by atoms with Gasteiger partial charge in [0, 0.05) is 23.6 Å². The minimum absolute atomic E-state index is 0.0595. The molecule has 8 heteroatoms. The van der Waals surface area contributed by atoms with Crippen molar-refractivity contribution < 1.29 is 19.0 Å². The summed E-state index contributed by atoms with van der Waals surface area (Å²) in [6, 6.07) is 6.06. The van der Waals surface area contributed by atoms with Crippen LogP contribution < -0.4 is 5.56 Å². The molecule has 30 heavy (non-hydrogen) atoms. The van der Waals surface area contributed by atoms with Gasteiger partial charge in [-0.1, -0.05) is 24.3 Å². The molecule has 0 amide bonds. The fourth-order valence-electron chi connectivity index (χ4n) is 3.15. The molecule has 0 aliphatic heterocycles. The first-order valence-corrected chi connectivity index (χ1v) is 10.0. The Morgan fingerprint density at radius 2 is 2.00 bits per heavy atom. The van der Waals surface area contributed by atoms with E-state index in [0.29, 0.717) is 22.0 Å². The summed E-state index contributed by atoms with van der Waals surface area (Å²) in [4.78, 5) is 29.7. The Labute approximate surface area is 180 Å². The van der Waals surface area contributed by atoms with Crippen LogP contribution in [0.25, 0.3) is 11.0 Å². The van der Waals surface area contributed by atoms with Gasteiger partial charge >= 0.3 is 5.97 Å². The SMILES string of the molecule is C=C(C)Cn1c(=O)c(C(=O)OCC)c(O)c2ncc(Cc3ccc(F)cc3)c(Br)c21. The Morgan fingerprint density at radius 1 is 1.33 bits per heavy atom. The topological polar surface area (TPSA) is 81.4 Å². The summed E-state index contributed by atoms with van der Waals surface area (Å²) in [5.41, 5.74) is 1.53. The van der Waals surface area contributed by atoms with Gasteiger partial charge in [0.05, 0.1) is 12.1 Å². The number of carbonyl (C=O) groups excluding carboxylic acids is 1. The summed E-state index contributed by atoms with van der Waals surface area (Å²) in [6.07, 6.45) is 1.96. The normalized spacial score (nSPS) is 10.9. The van der Waals surface area contributed by atoms with E-state index >= 15 is 0 Å². The van der Waals surface area contributed by atoms with Gasteiger partial charge in [-0.15, -0.1) is 0 Å². The first-order valence-electron chi connectivity index (χ1n) is 9.23. The number of pyridine rings is 2. The lowest BCUT2D eigenvalue weighted by Crippen LogP contribution is -2.29. The van der Waals surface area contributed by atoms with Gasteiger partial charge < -0.3 is 14.4 Å². The lowest BCUT2D eigenvalue weighted by atomic mass is 10.1. The van der Waals surface area contributed by atoms with E-state index in [1.54, 1.807) is 32.2 Å². The number of halogens is 2. The lowest BCUT2D eigenvalue weighted by molar-refractivity contribution is 0.0520. The fourth-order valence-corrected chi connectivity index (χ4v) is 3.79. The van der Waals surface area contributed by atoms with E-state index in [4.69, 9.17) is 4.74 Å². The van der Waals surface area contributed by atoms with E-state index in [2.05, 4.69) is 27.5 Å². The van der Waals surface area contributed by atoms with Crippen LogP contribution in [0.4, 0.5) is 4.39 Å². The van der Waals surface area contributed by atoms with Crippen molar-refractivity contribution in [1.29, 1.82) is 0 Å². The molecule has 0 unspecified atom stereocenters. The molecule has 0 saturated carbocycles. The van der Waals surface area contributed by atoms with Crippen molar-refractivity contribution in [3.8, 4) is 5.75 Å². The third-order valence-corrected chi connectivity index (χ3v) is 5.35. The summed E-state index contributed by atoms with van der Waals surface area (Å²) in [5.74, 6) is -1.77. The van der Waals surface area contributed by atoms with E-state index in [0.717, 1.165) is 11.1 Å². The molecule has 2 heterocycles. The molecule has 0 atom stereocenters. The molecule has 3 aromatic rings. The number of fused-ring (bicyclic) bond motifs is 1. The number of carbonyl (C=O) groups is 1. The number of benzene rings is 1. The fraction of sp³-hybridized carbons (Fsp3) is 0.227. The number of allylic oxidation sites excluding steroid dienone is 1. The first-order chi connectivity index (χ1) is 14.2. The van der Waals surface area contributed by atoms with E-state index in [-0.39, 0.29) is 24.5 Å². The van der Waals surface area contributed by atoms with Crippen LogP contribution in [0.2, 0.25) is 0 Å². The molecule has 0 spiro atoms. The van der Waals surface area contributed by atoms with Gasteiger partial charge in [-0.2, -0.15) is 0 Å². The van der Waals surface area contributed by atoms with Gasteiger partial charge in [0.2, 0.25) is 0 Å². The molecule has 0 fully saturated rings. The summed E-state index contributed by atoms with van der Waals surface area (Å²) < 4.78 is 20.0. The summed E-state index contributed by atoms with van der Waals surface area (Å²) in [7, 11) is 0. The van der Waals surface area contributed by atoms with Crippen molar-refractivity contribution in [2.45, 2.75) is 26.8 Å². The van der Waals surface area contributed by atoms with Crippen LogP contribution in [0, 0.1) is 5.82 Å². The van der Waals surface area contributed by atoms with Crippen molar-refractivity contribution in [2.75, 3.05) is 6.61 Å². The predicted molar refractivity (Wildman–Crippen MR) is 115 cm³/mol. The minimum Gasteiger partial charge on any atom is -0.505 e. The highest BCUT2D eigenvalue weighted by molar-refractivity contribution is 9.10. The second-order valence-corrected chi connectivity index (χ2v) is 7.68. The summed E-state index contributed by atoms with van der Waals surface area (Å²) >= 11 is 3.52. The van der Waals surface area contributed by atoms with Crippen molar-refractivity contribution in [3.63, 3.8) is 0 Å². The Hall–Kier alpha value is -3.00. The van der Waals surface area contributed by atoms with E-state index in [1.807, 2.05) is 0 Å². The third-order valence-electron chi connectivity index (χ3n) is 4.47. The highest BCUT2D eigenvalue weighted by Gasteiger charge is 2.26. The molecule has 0 aliphatic carbocycles. The average Bonchev–Trinajstić information content (AvgIpc) is 2.68. The van der Waals surface area contributed by atoms with Crippen LogP contribution in [-0.2, 0) is 17.7 Å². The molecule has 6 nitrogen and oxygen atoms in total. The van der Waals surface area contributed by atoms with Gasteiger partial charge in [0.25, 0.3) is 5.56 Å². The molecule has 2 aromatic heterocycles. The molecule has 0 aliphatic rings. The lowest BCUT2D eigenvalue weighted by Gasteiger charge is -2.17. The molecule has 1 aromatic carbocycles. The van der Waals surface area contributed by atoms with E-state index in [1.165, 1.54) is 16.7 Å². The molecule has 1 N–H and O–H groups in total. The Morgan fingerprint density at radius 3 is 2.60 bits per heavy atom. The molecule has 0 bridgehead atoms. The van der Waals surface area contributed by atoms with Gasteiger partial charge in [-0.05, 0) is 53.0 Å². The molecule has 0 saturated heterocycles. The number of hydrogen-bond donors (Lipinski definition) is 1. The van der Waals surface area contributed by atoms with Gasteiger partial charge in [-0.3, -0.25) is 9.78 Å². The van der Waals surface area contributed by atoms with E-state index < -0.39 is 22.8 Å². The number of rotatable bonds is 6. The number of aromatic nitrogens is 2. The van der Waals surface area contributed by atoms with E-state index in [9.17, 15) is 19.1 Å².